The zero-order valence-electron chi connectivity index (χ0n) is 12.0. The van der Waals surface area contributed by atoms with Crippen LogP contribution in [-0.2, 0) is 16.6 Å². The zero-order valence-corrected chi connectivity index (χ0v) is 13.6. The number of anilines is 3. The van der Waals surface area contributed by atoms with Crippen LogP contribution in [0.5, 0.6) is 0 Å². The zero-order chi connectivity index (χ0) is 16.3. The molecule has 0 fully saturated rings. The fourth-order valence-corrected chi connectivity index (χ4v) is 2.31. The summed E-state index contributed by atoms with van der Waals surface area (Å²) >= 11 is 5.72. The highest BCUT2D eigenvalue weighted by molar-refractivity contribution is 7.92. The van der Waals surface area contributed by atoms with Crippen LogP contribution in [-0.4, -0.2) is 36.7 Å². The van der Waals surface area contributed by atoms with Gasteiger partial charge in [0.1, 0.15) is 5.82 Å². The maximum atomic E-state index is 11.7. The van der Waals surface area contributed by atoms with Crippen LogP contribution >= 0.6 is 11.6 Å². The van der Waals surface area contributed by atoms with Crippen LogP contribution < -0.4 is 15.4 Å². The molecule has 0 aliphatic rings. The van der Waals surface area contributed by atoms with Crippen molar-refractivity contribution in [3.63, 3.8) is 0 Å². The van der Waals surface area contributed by atoms with E-state index in [0.717, 1.165) is 10.6 Å². The first-order chi connectivity index (χ1) is 10.3. The molecule has 0 aromatic carbocycles. The van der Waals surface area contributed by atoms with Gasteiger partial charge in [0.2, 0.25) is 15.3 Å². The summed E-state index contributed by atoms with van der Waals surface area (Å²) in [6.45, 7) is 0.278. The first-order valence-electron chi connectivity index (χ1n) is 6.18. The Hall–Kier alpha value is -2.13. The van der Waals surface area contributed by atoms with Crippen molar-refractivity contribution in [3.05, 3.63) is 35.4 Å². The van der Waals surface area contributed by atoms with Crippen LogP contribution in [0.1, 0.15) is 5.56 Å². The number of aromatic nitrogens is 3. The number of hydrogen-bond donors (Lipinski definition) is 2. The van der Waals surface area contributed by atoms with E-state index in [1.54, 1.807) is 12.1 Å². The van der Waals surface area contributed by atoms with Gasteiger partial charge in [-0.1, -0.05) is 6.07 Å². The Labute approximate surface area is 133 Å². The number of sulfonamides is 1. The lowest BCUT2D eigenvalue weighted by Gasteiger charge is -2.19. The quantitative estimate of drug-likeness (QED) is 0.782. The summed E-state index contributed by atoms with van der Waals surface area (Å²) < 4.78 is 24.4. The average molecular weight is 343 g/mol. The third-order valence-electron chi connectivity index (χ3n) is 2.90. The van der Waals surface area contributed by atoms with Gasteiger partial charge in [-0.05, 0) is 17.7 Å². The molecule has 22 heavy (non-hydrogen) atoms. The Morgan fingerprint density at radius 3 is 2.82 bits per heavy atom. The van der Waals surface area contributed by atoms with Crippen molar-refractivity contribution in [1.29, 1.82) is 0 Å². The van der Waals surface area contributed by atoms with Crippen molar-refractivity contribution in [2.45, 2.75) is 6.54 Å². The Balaban J connectivity index is 2.26. The van der Waals surface area contributed by atoms with Crippen molar-refractivity contribution in [3.8, 4) is 0 Å². The van der Waals surface area contributed by atoms with Gasteiger partial charge in [-0.15, -0.1) is 0 Å². The predicted octanol–water partition coefficient (Wildman–Crippen LogP) is 1.12. The Morgan fingerprint density at radius 2 is 2.14 bits per heavy atom. The lowest BCUT2D eigenvalue weighted by atomic mass is 10.2. The van der Waals surface area contributed by atoms with Gasteiger partial charge >= 0.3 is 0 Å². The lowest BCUT2D eigenvalue weighted by Crippen LogP contribution is -2.27. The lowest BCUT2D eigenvalue weighted by molar-refractivity contribution is 0.599. The van der Waals surface area contributed by atoms with Crippen LogP contribution in [0.25, 0.3) is 0 Å². The minimum absolute atomic E-state index is 0.0661. The molecule has 10 heteroatoms. The van der Waals surface area contributed by atoms with Crippen LogP contribution in [0.2, 0.25) is 5.28 Å². The number of rotatable bonds is 5. The molecule has 0 aliphatic heterocycles. The molecule has 0 unspecified atom stereocenters. The second-order valence-corrected chi connectivity index (χ2v) is 6.86. The standard InChI is InChI=1S/C12H15ClN6O2S/c1-19(22(2,20)21)11-8(4-3-5-15-11)6-16-10-9(14)7-17-12(13)18-10/h3-5,7H,6,14H2,1-2H3,(H,16,17,18). The highest BCUT2D eigenvalue weighted by Gasteiger charge is 2.17. The molecule has 118 valence electrons. The smallest absolute Gasteiger partial charge is 0.233 e. The minimum Gasteiger partial charge on any atom is -0.394 e. The molecular weight excluding hydrogens is 328 g/mol. The monoisotopic (exact) mass is 342 g/mol. The van der Waals surface area contributed by atoms with E-state index in [-0.39, 0.29) is 11.8 Å². The van der Waals surface area contributed by atoms with Gasteiger partial charge in [0.05, 0.1) is 18.1 Å². The molecule has 0 atom stereocenters. The molecule has 2 aromatic heterocycles. The summed E-state index contributed by atoms with van der Waals surface area (Å²) in [7, 11) is -1.96. The largest absolute Gasteiger partial charge is 0.394 e. The minimum atomic E-state index is -3.40. The highest BCUT2D eigenvalue weighted by atomic mass is 35.5. The number of hydrogen-bond acceptors (Lipinski definition) is 7. The first-order valence-corrected chi connectivity index (χ1v) is 8.41. The van der Waals surface area contributed by atoms with E-state index in [1.165, 1.54) is 19.4 Å². The molecule has 2 heterocycles. The SMILES string of the molecule is CN(c1ncccc1CNc1nc(Cl)ncc1N)S(C)(=O)=O. The molecule has 0 radical (unpaired) electrons. The van der Waals surface area contributed by atoms with Crippen LogP contribution in [0.4, 0.5) is 17.3 Å². The summed E-state index contributed by atoms with van der Waals surface area (Å²) in [5.74, 6) is 0.702. The second kappa shape index (κ2) is 6.32. The Morgan fingerprint density at radius 1 is 1.41 bits per heavy atom. The molecule has 0 bridgehead atoms. The molecule has 0 saturated carbocycles. The van der Waals surface area contributed by atoms with Gasteiger partial charge in [0, 0.05) is 25.4 Å². The third kappa shape index (κ3) is 3.74. The van der Waals surface area contributed by atoms with Gasteiger partial charge in [-0.2, -0.15) is 4.98 Å². The molecule has 2 aromatic rings. The summed E-state index contributed by atoms with van der Waals surface area (Å²) in [6.07, 6.45) is 4.03. The summed E-state index contributed by atoms with van der Waals surface area (Å²) in [4.78, 5) is 11.9. The fraction of sp³-hybridized carbons (Fsp3) is 0.250. The predicted molar refractivity (Wildman–Crippen MR) is 86.3 cm³/mol. The number of nitrogens with zero attached hydrogens (tertiary/aromatic N) is 4. The Kier molecular flexibility index (Phi) is 4.67. The maximum absolute atomic E-state index is 11.7. The van der Waals surface area contributed by atoms with Gasteiger partial charge in [-0.25, -0.2) is 18.4 Å². The number of nitrogens with one attached hydrogen (secondary N) is 1. The fourth-order valence-electron chi connectivity index (χ4n) is 1.70. The third-order valence-corrected chi connectivity index (χ3v) is 4.25. The van der Waals surface area contributed by atoms with E-state index >= 15 is 0 Å². The van der Waals surface area contributed by atoms with Crippen molar-refractivity contribution in [2.24, 2.45) is 0 Å². The van der Waals surface area contributed by atoms with Crippen molar-refractivity contribution in [2.75, 3.05) is 28.7 Å². The average Bonchev–Trinajstić information content (AvgIpc) is 2.47. The summed E-state index contributed by atoms with van der Waals surface area (Å²) in [5, 5.41) is 3.06. The molecule has 0 saturated heterocycles. The number of nitrogens with two attached hydrogens (primary N) is 1. The van der Waals surface area contributed by atoms with E-state index in [1.807, 2.05) is 0 Å². The van der Waals surface area contributed by atoms with Gasteiger partial charge in [-0.3, -0.25) is 4.31 Å². The topological polar surface area (TPSA) is 114 Å². The van der Waals surface area contributed by atoms with Crippen molar-refractivity contribution >= 4 is 38.9 Å². The van der Waals surface area contributed by atoms with Crippen molar-refractivity contribution < 1.29 is 8.42 Å². The second-order valence-electron chi connectivity index (χ2n) is 4.51. The van der Waals surface area contributed by atoms with E-state index in [2.05, 4.69) is 20.3 Å². The van der Waals surface area contributed by atoms with E-state index in [0.29, 0.717) is 22.9 Å². The summed E-state index contributed by atoms with van der Waals surface area (Å²) in [6, 6.07) is 3.48. The van der Waals surface area contributed by atoms with E-state index in [9.17, 15) is 8.42 Å². The molecule has 0 spiro atoms. The Bertz CT molecular complexity index is 783. The van der Waals surface area contributed by atoms with E-state index < -0.39 is 10.0 Å². The normalized spacial score (nSPS) is 11.2. The number of nitrogen functional groups attached to an aromatic ring is 1. The molecule has 2 rings (SSSR count). The number of halogens is 1. The van der Waals surface area contributed by atoms with Crippen molar-refractivity contribution in [1.82, 2.24) is 15.0 Å². The van der Waals surface area contributed by atoms with Crippen LogP contribution in [0.3, 0.4) is 0 Å². The molecule has 8 nitrogen and oxygen atoms in total. The van der Waals surface area contributed by atoms with Gasteiger partial charge in [0.15, 0.2) is 5.82 Å². The molecule has 3 N–H and O–H groups in total. The van der Waals surface area contributed by atoms with Crippen LogP contribution in [0, 0.1) is 0 Å². The van der Waals surface area contributed by atoms with E-state index in [4.69, 9.17) is 17.3 Å². The molecular formula is C12H15ClN6O2S. The molecule has 0 aliphatic carbocycles. The summed E-state index contributed by atoms with van der Waals surface area (Å²) in [5.41, 5.74) is 6.76. The maximum Gasteiger partial charge on any atom is 0.233 e. The number of pyridine rings is 1. The van der Waals surface area contributed by atoms with Gasteiger partial charge < -0.3 is 11.1 Å². The van der Waals surface area contributed by atoms with Crippen LogP contribution in [0.15, 0.2) is 24.5 Å². The van der Waals surface area contributed by atoms with Gasteiger partial charge in [0.25, 0.3) is 0 Å². The first kappa shape index (κ1) is 16.2. The highest BCUT2D eigenvalue weighted by Crippen LogP contribution is 2.21. The molecule has 0 amide bonds.